The van der Waals surface area contributed by atoms with E-state index in [1.807, 2.05) is 4.90 Å². The molecule has 0 spiro atoms. The number of nitrogens with two attached hydrogens (primary N) is 1. The highest BCUT2D eigenvalue weighted by atomic mass is 19.1. The summed E-state index contributed by atoms with van der Waals surface area (Å²) in [5.41, 5.74) is 6.36. The van der Waals surface area contributed by atoms with Crippen molar-refractivity contribution in [2.24, 2.45) is 11.7 Å². The minimum absolute atomic E-state index is 0.102. The molecule has 25 heavy (non-hydrogen) atoms. The van der Waals surface area contributed by atoms with Gasteiger partial charge in [0.2, 0.25) is 11.8 Å². The van der Waals surface area contributed by atoms with Crippen LogP contribution in [0.2, 0.25) is 0 Å². The van der Waals surface area contributed by atoms with Crippen molar-refractivity contribution < 1.29 is 14.0 Å². The molecule has 2 aliphatic rings. The van der Waals surface area contributed by atoms with Gasteiger partial charge in [-0.1, -0.05) is 25.0 Å². The third-order valence-corrected chi connectivity index (χ3v) is 5.46. The largest absolute Gasteiger partial charge is 0.368 e. The molecule has 1 aliphatic heterocycles. The Balaban J connectivity index is 1.68. The van der Waals surface area contributed by atoms with E-state index in [1.165, 1.54) is 12.1 Å². The molecule has 5 nitrogen and oxygen atoms in total. The second-order valence-electron chi connectivity index (χ2n) is 7.17. The van der Waals surface area contributed by atoms with E-state index < -0.39 is 0 Å². The van der Waals surface area contributed by atoms with E-state index in [-0.39, 0.29) is 36.3 Å². The first-order valence-electron chi connectivity index (χ1n) is 9.13. The number of carbonyl (C=O) groups excluding carboxylic acids is 2. The van der Waals surface area contributed by atoms with Gasteiger partial charge in [-0.05, 0) is 55.8 Å². The zero-order valence-corrected chi connectivity index (χ0v) is 14.4. The second-order valence-corrected chi connectivity index (χ2v) is 7.17. The van der Waals surface area contributed by atoms with Gasteiger partial charge in [-0.15, -0.1) is 0 Å². The summed E-state index contributed by atoms with van der Waals surface area (Å²) in [5, 5.41) is 3.13. The molecule has 136 valence electrons. The Morgan fingerprint density at radius 2 is 1.84 bits per heavy atom. The Morgan fingerprint density at radius 1 is 1.16 bits per heavy atom. The number of nitrogens with zero attached hydrogens (tertiary/aromatic N) is 1. The van der Waals surface area contributed by atoms with Crippen LogP contribution >= 0.6 is 0 Å². The maximum Gasteiger partial charge on any atom is 0.234 e. The summed E-state index contributed by atoms with van der Waals surface area (Å²) in [7, 11) is 0. The van der Waals surface area contributed by atoms with Crippen molar-refractivity contribution in [1.29, 1.82) is 0 Å². The molecular weight excluding hydrogens is 321 g/mol. The molecule has 1 aliphatic carbocycles. The number of rotatable bonds is 6. The molecule has 3 N–H and O–H groups in total. The highest BCUT2D eigenvalue weighted by Gasteiger charge is 2.32. The summed E-state index contributed by atoms with van der Waals surface area (Å²) in [6, 6.07) is 5.92. The van der Waals surface area contributed by atoms with Crippen LogP contribution in [0.4, 0.5) is 4.39 Å². The predicted octanol–water partition coefficient (Wildman–Crippen LogP) is 2.12. The first-order valence-corrected chi connectivity index (χ1v) is 9.13. The SMILES string of the molecule is NC(=O)C1CCCN1CC(=O)NC(c1ccc(F)cc1)C1CCCC1. The van der Waals surface area contributed by atoms with Crippen molar-refractivity contribution >= 4 is 11.8 Å². The number of halogens is 1. The molecular formula is C19H26FN3O2. The van der Waals surface area contributed by atoms with Gasteiger partial charge in [0.25, 0.3) is 0 Å². The number of carbonyl (C=O) groups is 2. The van der Waals surface area contributed by atoms with Gasteiger partial charge in [0.15, 0.2) is 0 Å². The van der Waals surface area contributed by atoms with Gasteiger partial charge in [0.1, 0.15) is 5.82 Å². The van der Waals surface area contributed by atoms with Crippen molar-refractivity contribution in [1.82, 2.24) is 10.2 Å². The van der Waals surface area contributed by atoms with Gasteiger partial charge < -0.3 is 11.1 Å². The molecule has 0 radical (unpaired) electrons. The van der Waals surface area contributed by atoms with Crippen LogP contribution in [0.1, 0.15) is 50.1 Å². The molecule has 1 saturated heterocycles. The standard InChI is InChI=1S/C19H26FN3O2/c20-15-9-7-14(8-10-15)18(13-4-1-2-5-13)22-17(24)12-23-11-3-6-16(23)19(21)25/h7-10,13,16,18H,1-6,11-12H2,(H2,21,25)(H,22,24). The lowest BCUT2D eigenvalue weighted by Crippen LogP contribution is -2.46. The Hall–Kier alpha value is -1.95. The lowest BCUT2D eigenvalue weighted by molar-refractivity contribution is -0.126. The predicted molar refractivity (Wildman–Crippen MR) is 93.0 cm³/mol. The number of primary amides is 1. The summed E-state index contributed by atoms with van der Waals surface area (Å²) in [6.07, 6.45) is 6.05. The molecule has 2 unspecified atom stereocenters. The van der Waals surface area contributed by atoms with Crippen molar-refractivity contribution in [2.75, 3.05) is 13.1 Å². The molecule has 1 aromatic carbocycles. The van der Waals surface area contributed by atoms with Gasteiger partial charge >= 0.3 is 0 Å². The number of benzene rings is 1. The highest BCUT2D eigenvalue weighted by molar-refractivity contribution is 5.83. The van der Waals surface area contributed by atoms with Crippen LogP contribution in [0, 0.1) is 11.7 Å². The Bertz CT molecular complexity index is 614. The highest BCUT2D eigenvalue weighted by Crippen LogP contribution is 2.35. The van der Waals surface area contributed by atoms with Crippen LogP contribution in [0.5, 0.6) is 0 Å². The van der Waals surface area contributed by atoms with E-state index in [0.29, 0.717) is 18.9 Å². The fourth-order valence-corrected chi connectivity index (χ4v) is 4.18. The summed E-state index contributed by atoms with van der Waals surface area (Å²) >= 11 is 0. The first kappa shape index (κ1) is 17.9. The number of amides is 2. The minimum atomic E-state index is -0.365. The van der Waals surface area contributed by atoms with Gasteiger partial charge in [0.05, 0.1) is 18.6 Å². The fourth-order valence-electron chi connectivity index (χ4n) is 4.18. The van der Waals surface area contributed by atoms with Crippen LogP contribution in [-0.2, 0) is 9.59 Å². The van der Waals surface area contributed by atoms with E-state index in [2.05, 4.69) is 5.32 Å². The van der Waals surface area contributed by atoms with Gasteiger partial charge in [0, 0.05) is 0 Å². The average Bonchev–Trinajstić information content (AvgIpc) is 3.25. The molecule has 2 fully saturated rings. The van der Waals surface area contributed by atoms with Crippen molar-refractivity contribution in [3.05, 3.63) is 35.6 Å². The van der Waals surface area contributed by atoms with Crippen LogP contribution < -0.4 is 11.1 Å². The maximum atomic E-state index is 13.2. The summed E-state index contributed by atoms with van der Waals surface area (Å²) in [5.74, 6) is -0.368. The number of likely N-dealkylation sites (tertiary alicyclic amines) is 1. The van der Waals surface area contributed by atoms with Gasteiger partial charge in [-0.3, -0.25) is 14.5 Å². The lowest BCUT2D eigenvalue weighted by atomic mass is 9.91. The van der Waals surface area contributed by atoms with Crippen LogP contribution in [-0.4, -0.2) is 35.8 Å². The number of hydrogen-bond donors (Lipinski definition) is 2. The second kappa shape index (κ2) is 7.95. The Labute approximate surface area is 147 Å². The monoisotopic (exact) mass is 347 g/mol. The van der Waals surface area contributed by atoms with E-state index >= 15 is 0 Å². The van der Waals surface area contributed by atoms with Gasteiger partial charge in [-0.25, -0.2) is 4.39 Å². The number of nitrogens with one attached hydrogen (secondary N) is 1. The van der Waals surface area contributed by atoms with E-state index in [0.717, 1.165) is 37.7 Å². The summed E-state index contributed by atoms with van der Waals surface area (Å²) in [4.78, 5) is 25.9. The topological polar surface area (TPSA) is 75.4 Å². The third-order valence-electron chi connectivity index (χ3n) is 5.46. The van der Waals surface area contributed by atoms with Gasteiger partial charge in [-0.2, -0.15) is 0 Å². The average molecular weight is 347 g/mol. The molecule has 1 aromatic rings. The van der Waals surface area contributed by atoms with Crippen LogP contribution in [0.15, 0.2) is 24.3 Å². The van der Waals surface area contributed by atoms with Crippen LogP contribution in [0.3, 0.4) is 0 Å². The van der Waals surface area contributed by atoms with Crippen molar-refractivity contribution in [2.45, 2.75) is 50.6 Å². The third kappa shape index (κ3) is 4.37. The first-order chi connectivity index (χ1) is 12.0. The molecule has 2 amide bonds. The fraction of sp³-hybridized carbons (Fsp3) is 0.579. The van der Waals surface area contributed by atoms with E-state index in [4.69, 9.17) is 5.73 Å². The number of hydrogen-bond acceptors (Lipinski definition) is 3. The van der Waals surface area contributed by atoms with Crippen LogP contribution in [0.25, 0.3) is 0 Å². The van der Waals surface area contributed by atoms with Crippen molar-refractivity contribution in [3.63, 3.8) is 0 Å². The maximum absolute atomic E-state index is 13.2. The van der Waals surface area contributed by atoms with E-state index in [9.17, 15) is 14.0 Å². The Kier molecular flexibility index (Phi) is 5.68. The normalized spacial score (nSPS) is 22.8. The minimum Gasteiger partial charge on any atom is -0.368 e. The lowest BCUT2D eigenvalue weighted by Gasteiger charge is -2.27. The molecule has 3 rings (SSSR count). The molecule has 0 bridgehead atoms. The molecule has 1 heterocycles. The molecule has 0 aromatic heterocycles. The summed E-state index contributed by atoms with van der Waals surface area (Å²) < 4.78 is 13.2. The molecule has 1 saturated carbocycles. The smallest absolute Gasteiger partial charge is 0.234 e. The molecule has 2 atom stereocenters. The molecule has 6 heteroatoms. The zero-order chi connectivity index (χ0) is 17.8. The summed E-state index contributed by atoms with van der Waals surface area (Å²) in [6.45, 7) is 0.893. The Morgan fingerprint density at radius 3 is 2.48 bits per heavy atom. The quantitative estimate of drug-likeness (QED) is 0.828. The zero-order valence-electron chi connectivity index (χ0n) is 14.4. The van der Waals surface area contributed by atoms with E-state index in [1.54, 1.807) is 12.1 Å². The van der Waals surface area contributed by atoms with Crippen molar-refractivity contribution in [3.8, 4) is 0 Å².